The minimum absolute atomic E-state index is 0.636. The topological polar surface area (TPSA) is 34.4 Å². The number of rotatable bonds is 10. The molecule has 0 spiro atoms. The summed E-state index contributed by atoms with van der Waals surface area (Å²) < 4.78 is 11.0. The number of hydrogen-bond donors (Lipinski definition) is 1. The van der Waals surface area contributed by atoms with Crippen LogP contribution in [-0.4, -0.2) is 13.2 Å². The number of allylic oxidation sites excluding steroid dienone is 1. The summed E-state index contributed by atoms with van der Waals surface area (Å²) in [5.41, 5.74) is 1.15. The van der Waals surface area contributed by atoms with E-state index in [1.807, 2.05) is 12.1 Å². The van der Waals surface area contributed by atoms with E-state index in [0.717, 1.165) is 50.3 Å². The van der Waals surface area contributed by atoms with Gasteiger partial charge in [0, 0.05) is 12.2 Å². The monoisotopic (exact) mass is 237 g/mol. The van der Waals surface area contributed by atoms with Crippen LogP contribution in [0.1, 0.15) is 37.5 Å². The molecule has 1 rings (SSSR count). The minimum atomic E-state index is 0.636. The highest BCUT2D eigenvalue weighted by atomic mass is 16.5. The first kappa shape index (κ1) is 14.0. The summed E-state index contributed by atoms with van der Waals surface area (Å²) in [5, 5.41) is 3.33. The normalized spacial score (nSPS) is 10.6. The molecule has 0 unspecified atom stereocenters. The second-order valence-electron chi connectivity index (χ2n) is 4.03. The van der Waals surface area contributed by atoms with Crippen molar-refractivity contribution in [2.45, 2.75) is 39.3 Å². The molecule has 3 heteroatoms. The molecule has 1 aromatic heterocycles. The van der Waals surface area contributed by atoms with Crippen LogP contribution in [0.4, 0.5) is 0 Å². The third kappa shape index (κ3) is 5.71. The van der Waals surface area contributed by atoms with Crippen LogP contribution in [0, 0.1) is 0 Å². The molecule has 0 saturated heterocycles. The van der Waals surface area contributed by atoms with E-state index >= 15 is 0 Å². The SMILES string of the molecule is C=CCCCOCc1ccoc1CNCCC. The van der Waals surface area contributed by atoms with E-state index in [-0.39, 0.29) is 0 Å². The molecule has 17 heavy (non-hydrogen) atoms. The van der Waals surface area contributed by atoms with E-state index in [4.69, 9.17) is 9.15 Å². The van der Waals surface area contributed by atoms with Crippen LogP contribution in [0.15, 0.2) is 29.4 Å². The van der Waals surface area contributed by atoms with Crippen LogP contribution in [0.2, 0.25) is 0 Å². The standard InChI is InChI=1S/C14H23NO2/c1-3-5-6-9-16-12-13-7-10-17-14(13)11-15-8-4-2/h3,7,10,15H,1,4-6,8-9,11-12H2,2H3. The maximum absolute atomic E-state index is 5.59. The molecule has 0 aliphatic heterocycles. The molecule has 0 aromatic carbocycles. The number of unbranched alkanes of at least 4 members (excludes halogenated alkanes) is 1. The highest BCUT2D eigenvalue weighted by Gasteiger charge is 2.05. The van der Waals surface area contributed by atoms with Crippen molar-refractivity contribution in [1.29, 1.82) is 0 Å². The average molecular weight is 237 g/mol. The van der Waals surface area contributed by atoms with Crippen LogP contribution in [0.3, 0.4) is 0 Å². The van der Waals surface area contributed by atoms with Gasteiger partial charge in [-0.05, 0) is 31.9 Å². The lowest BCUT2D eigenvalue weighted by atomic mass is 10.2. The predicted molar refractivity (Wildman–Crippen MR) is 69.8 cm³/mol. The van der Waals surface area contributed by atoms with Crippen molar-refractivity contribution in [3.05, 3.63) is 36.3 Å². The van der Waals surface area contributed by atoms with Gasteiger partial charge in [-0.2, -0.15) is 0 Å². The largest absolute Gasteiger partial charge is 0.468 e. The van der Waals surface area contributed by atoms with E-state index in [1.54, 1.807) is 6.26 Å². The van der Waals surface area contributed by atoms with Gasteiger partial charge in [0.05, 0.1) is 19.4 Å². The number of ether oxygens (including phenoxy) is 1. The van der Waals surface area contributed by atoms with Gasteiger partial charge in [0.15, 0.2) is 0 Å². The summed E-state index contributed by atoms with van der Waals surface area (Å²) in [4.78, 5) is 0. The molecule has 3 nitrogen and oxygen atoms in total. The lowest BCUT2D eigenvalue weighted by Gasteiger charge is -2.05. The van der Waals surface area contributed by atoms with Gasteiger partial charge in [0.25, 0.3) is 0 Å². The van der Waals surface area contributed by atoms with Gasteiger partial charge in [0.1, 0.15) is 5.76 Å². The van der Waals surface area contributed by atoms with Gasteiger partial charge in [-0.15, -0.1) is 6.58 Å². The Kier molecular flexibility index (Phi) is 7.43. The highest BCUT2D eigenvalue weighted by Crippen LogP contribution is 2.12. The molecule has 0 aliphatic carbocycles. The zero-order valence-corrected chi connectivity index (χ0v) is 10.7. The predicted octanol–water partition coefficient (Wildman–Crippen LogP) is 3.26. The number of furan rings is 1. The zero-order valence-electron chi connectivity index (χ0n) is 10.7. The molecule has 1 aromatic rings. The van der Waals surface area contributed by atoms with Crippen molar-refractivity contribution in [3.8, 4) is 0 Å². The smallest absolute Gasteiger partial charge is 0.123 e. The van der Waals surface area contributed by atoms with Crippen LogP contribution in [0.5, 0.6) is 0 Å². The summed E-state index contributed by atoms with van der Waals surface area (Å²) in [6.45, 7) is 9.05. The van der Waals surface area contributed by atoms with Crippen molar-refractivity contribution < 1.29 is 9.15 Å². The Labute approximate surface area is 104 Å². The molecule has 1 N–H and O–H groups in total. The molecular weight excluding hydrogens is 214 g/mol. The third-order valence-corrected chi connectivity index (χ3v) is 2.50. The molecule has 0 atom stereocenters. The number of hydrogen-bond acceptors (Lipinski definition) is 3. The second-order valence-corrected chi connectivity index (χ2v) is 4.03. The molecule has 1 heterocycles. The van der Waals surface area contributed by atoms with Gasteiger partial charge < -0.3 is 14.5 Å². The van der Waals surface area contributed by atoms with E-state index in [1.165, 1.54) is 0 Å². The number of nitrogens with one attached hydrogen (secondary N) is 1. The molecule has 0 fully saturated rings. The molecule has 0 saturated carbocycles. The molecule has 0 radical (unpaired) electrons. The summed E-state index contributed by atoms with van der Waals surface area (Å²) in [6.07, 6.45) is 6.82. The Morgan fingerprint density at radius 2 is 2.41 bits per heavy atom. The van der Waals surface area contributed by atoms with E-state index in [9.17, 15) is 0 Å². The van der Waals surface area contributed by atoms with Crippen molar-refractivity contribution in [3.63, 3.8) is 0 Å². The zero-order chi connectivity index (χ0) is 12.3. The Morgan fingerprint density at radius 3 is 3.18 bits per heavy atom. The summed E-state index contributed by atoms with van der Waals surface area (Å²) >= 11 is 0. The fraction of sp³-hybridized carbons (Fsp3) is 0.571. The maximum atomic E-state index is 5.59. The van der Waals surface area contributed by atoms with Crippen molar-refractivity contribution in [2.24, 2.45) is 0 Å². The second kappa shape index (κ2) is 9.02. The highest BCUT2D eigenvalue weighted by molar-refractivity contribution is 5.15. The summed E-state index contributed by atoms with van der Waals surface area (Å²) in [6, 6.07) is 1.98. The fourth-order valence-corrected chi connectivity index (χ4v) is 1.54. The van der Waals surface area contributed by atoms with E-state index in [2.05, 4.69) is 18.8 Å². The first-order valence-corrected chi connectivity index (χ1v) is 6.33. The lowest BCUT2D eigenvalue weighted by Crippen LogP contribution is -2.14. The fourth-order valence-electron chi connectivity index (χ4n) is 1.54. The molecule has 0 aliphatic rings. The van der Waals surface area contributed by atoms with Gasteiger partial charge >= 0.3 is 0 Å². The van der Waals surface area contributed by atoms with Crippen LogP contribution in [-0.2, 0) is 17.9 Å². The van der Waals surface area contributed by atoms with Crippen molar-refractivity contribution in [1.82, 2.24) is 5.32 Å². The van der Waals surface area contributed by atoms with Crippen LogP contribution >= 0.6 is 0 Å². The Bertz CT molecular complexity index is 307. The molecule has 0 amide bonds. The van der Waals surface area contributed by atoms with Crippen LogP contribution < -0.4 is 5.32 Å². The minimum Gasteiger partial charge on any atom is -0.468 e. The van der Waals surface area contributed by atoms with Gasteiger partial charge in [-0.1, -0.05) is 13.0 Å². The lowest BCUT2D eigenvalue weighted by molar-refractivity contribution is 0.118. The Morgan fingerprint density at radius 1 is 1.53 bits per heavy atom. The summed E-state index contributed by atoms with van der Waals surface area (Å²) in [7, 11) is 0. The van der Waals surface area contributed by atoms with Crippen molar-refractivity contribution in [2.75, 3.05) is 13.2 Å². The van der Waals surface area contributed by atoms with Gasteiger partial charge in [-0.3, -0.25) is 0 Å². The van der Waals surface area contributed by atoms with Gasteiger partial charge in [0.2, 0.25) is 0 Å². The van der Waals surface area contributed by atoms with E-state index < -0.39 is 0 Å². The Balaban J connectivity index is 2.22. The van der Waals surface area contributed by atoms with Crippen LogP contribution in [0.25, 0.3) is 0 Å². The summed E-state index contributed by atoms with van der Waals surface area (Å²) in [5.74, 6) is 0.988. The average Bonchev–Trinajstić information content (AvgIpc) is 2.77. The Hall–Kier alpha value is -1.06. The maximum Gasteiger partial charge on any atom is 0.123 e. The first-order chi connectivity index (χ1) is 8.38. The molecule has 0 bridgehead atoms. The van der Waals surface area contributed by atoms with Gasteiger partial charge in [-0.25, -0.2) is 0 Å². The third-order valence-electron chi connectivity index (χ3n) is 2.50. The van der Waals surface area contributed by atoms with Crippen molar-refractivity contribution >= 4 is 0 Å². The quantitative estimate of drug-likeness (QED) is 0.501. The molecular formula is C14H23NO2. The molecule has 96 valence electrons. The van der Waals surface area contributed by atoms with E-state index in [0.29, 0.717) is 6.61 Å². The first-order valence-electron chi connectivity index (χ1n) is 6.33.